The lowest BCUT2D eigenvalue weighted by atomic mass is 9.78. The minimum atomic E-state index is -0.600. The molecule has 0 radical (unpaired) electrons. The molecular weight excluding hydrogens is 572 g/mol. The van der Waals surface area contributed by atoms with Crippen molar-refractivity contribution in [1.82, 2.24) is 5.32 Å². The third-order valence-electron chi connectivity index (χ3n) is 10.8. The van der Waals surface area contributed by atoms with Crippen LogP contribution in [0.25, 0.3) is 11.6 Å². The molecule has 2 saturated carbocycles. The Morgan fingerprint density at radius 1 is 1.00 bits per heavy atom. The van der Waals surface area contributed by atoms with Gasteiger partial charge in [0.1, 0.15) is 5.75 Å². The molecule has 6 nitrogen and oxygen atoms in total. The van der Waals surface area contributed by atoms with Crippen molar-refractivity contribution >= 4 is 29.0 Å². The van der Waals surface area contributed by atoms with E-state index in [0.29, 0.717) is 19.1 Å². The molecule has 2 fully saturated rings. The van der Waals surface area contributed by atoms with Crippen molar-refractivity contribution in [3.8, 4) is 5.75 Å². The number of amides is 1. The molecule has 0 spiro atoms. The lowest BCUT2D eigenvalue weighted by molar-refractivity contribution is -0.127. The Bertz CT molecular complexity index is 1410. The standard InChI is InChI=1S/C40H56N2O4/c1-7-10-16-31(25-45-5)41-39(44)40-24-36(40)35-23-32(46-6)19-17-29(35)21-34(27(12-8-2)13-9-3)33-20-18-30(22-37(33)42(4)26-40)38(43)28-14-11-15-28/h17-23,27-28,31,36H,7-16,24-26H2,1-6H3,(H,41,44)/b34-21+. The number of ketones is 1. The zero-order valence-electron chi connectivity index (χ0n) is 29.1. The van der Waals surface area contributed by atoms with Crippen LogP contribution in [0.2, 0.25) is 0 Å². The Balaban J connectivity index is 1.67. The predicted molar refractivity (Wildman–Crippen MR) is 189 cm³/mol. The average molecular weight is 629 g/mol. The summed E-state index contributed by atoms with van der Waals surface area (Å²) < 4.78 is 11.3. The molecule has 2 aliphatic carbocycles. The Hall–Kier alpha value is -3.12. The van der Waals surface area contributed by atoms with Crippen molar-refractivity contribution in [1.29, 1.82) is 0 Å². The Kier molecular flexibility index (Phi) is 11.3. The van der Waals surface area contributed by atoms with E-state index in [1.54, 1.807) is 14.2 Å². The van der Waals surface area contributed by atoms with E-state index in [1.165, 1.54) is 16.7 Å². The van der Waals surface area contributed by atoms with Gasteiger partial charge in [0.15, 0.2) is 5.78 Å². The van der Waals surface area contributed by atoms with Crippen LogP contribution in [-0.4, -0.2) is 52.2 Å². The second-order valence-electron chi connectivity index (χ2n) is 14.1. The average Bonchev–Trinajstić information content (AvgIpc) is 3.76. The van der Waals surface area contributed by atoms with Gasteiger partial charge in [-0.15, -0.1) is 0 Å². The quantitative estimate of drug-likeness (QED) is 0.200. The number of carbonyl (C=O) groups excluding carboxylic acids is 2. The summed E-state index contributed by atoms with van der Waals surface area (Å²) in [4.78, 5) is 30.3. The number of carbonyl (C=O) groups is 2. The molecule has 3 atom stereocenters. The maximum absolute atomic E-state index is 14.5. The zero-order chi connectivity index (χ0) is 32.8. The number of hydrogen-bond donors (Lipinski definition) is 1. The van der Waals surface area contributed by atoms with Gasteiger partial charge in [0.05, 0.1) is 25.2 Å². The molecule has 0 bridgehead atoms. The molecule has 3 unspecified atom stereocenters. The number of methoxy groups -OCH3 is 2. The van der Waals surface area contributed by atoms with Crippen molar-refractivity contribution in [3.05, 3.63) is 58.7 Å². The number of ether oxygens (including phenoxy) is 2. The molecule has 46 heavy (non-hydrogen) atoms. The summed E-state index contributed by atoms with van der Waals surface area (Å²) in [6.07, 6.45) is 13.7. The third-order valence-corrected chi connectivity index (χ3v) is 10.8. The lowest BCUT2D eigenvalue weighted by Gasteiger charge is -2.33. The maximum Gasteiger partial charge on any atom is 0.228 e. The van der Waals surface area contributed by atoms with Crippen molar-refractivity contribution < 1.29 is 19.1 Å². The largest absolute Gasteiger partial charge is 0.497 e. The van der Waals surface area contributed by atoms with E-state index in [4.69, 9.17) is 9.47 Å². The number of nitrogens with one attached hydrogen (secondary N) is 1. The number of unbranched alkanes of at least 4 members (excludes halogenated alkanes) is 1. The molecule has 1 amide bonds. The fourth-order valence-corrected chi connectivity index (χ4v) is 7.90. The molecule has 0 aromatic heterocycles. The SMILES string of the molecule is CCCCC(COC)NC(=O)C12CC1c1cc(OC)ccc1/C=C(\C(CCC)CCC)c1ccc(C(=O)C3CCC3)cc1N(C)C2. The number of Topliss-reactive ketones (excluding diaryl/α,β-unsaturated/α-hetero) is 1. The van der Waals surface area contributed by atoms with Gasteiger partial charge in [-0.1, -0.05) is 77.2 Å². The molecule has 1 N–H and O–H groups in total. The number of benzene rings is 2. The van der Waals surface area contributed by atoms with E-state index < -0.39 is 5.41 Å². The summed E-state index contributed by atoms with van der Waals surface area (Å²) in [6, 6.07) is 12.7. The van der Waals surface area contributed by atoms with Crippen molar-refractivity contribution in [3.63, 3.8) is 0 Å². The molecule has 2 aromatic rings. The molecule has 250 valence electrons. The summed E-state index contributed by atoms with van der Waals surface area (Å²) >= 11 is 0. The Labute approximate surface area is 277 Å². The molecule has 3 aliphatic rings. The van der Waals surface area contributed by atoms with E-state index in [0.717, 1.165) is 93.2 Å². The summed E-state index contributed by atoms with van der Waals surface area (Å²) in [5, 5.41) is 3.42. The van der Waals surface area contributed by atoms with Crippen molar-refractivity contribution in [2.24, 2.45) is 17.3 Å². The van der Waals surface area contributed by atoms with E-state index in [-0.39, 0.29) is 29.6 Å². The van der Waals surface area contributed by atoms with Crippen LogP contribution in [0.4, 0.5) is 5.69 Å². The van der Waals surface area contributed by atoms with Crippen molar-refractivity contribution in [2.75, 3.05) is 39.3 Å². The van der Waals surface area contributed by atoms with E-state index in [1.807, 2.05) is 6.07 Å². The maximum atomic E-state index is 14.5. The van der Waals surface area contributed by atoms with Gasteiger partial charge in [-0.3, -0.25) is 9.59 Å². The fourth-order valence-electron chi connectivity index (χ4n) is 7.90. The van der Waals surface area contributed by atoms with Crippen LogP contribution >= 0.6 is 0 Å². The first-order valence-electron chi connectivity index (χ1n) is 17.9. The first-order valence-corrected chi connectivity index (χ1v) is 17.9. The van der Waals surface area contributed by atoms with Gasteiger partial charge in [-0.05, 0) is 79.3 Å². The fraction of sp³-hybridized carbons (Fsp3) is 0.600. The third kappa shape index (κ3) is 7.07. The van der Waals surface area contributed by atoms with Crippen LogP contribution in [0, 0.1) is 17.3 Å². The van der Waals surface area contributed by atoms with Gasteiger partial charge in [-0.2, -0.15) is 0 Å². The molecule has 1 heterocycles. The normalized spacial score (nSPS) is 22.5. The second kappa shape index (κ2) is 15.2. The topological polar surface area (TPSA) is 67.9 Å². The smallest absolute Gasteiger partial charge is 0.228 e. The van der Waals surface area contributed by atoms with Gasteiger partial charge in [-0.25, -0.2) is 0 Å². The first kappa shape index (κ1) is 34.2. The number of allylic oxidation sites excluding steroid dienone is 1. The highest BCUT2D eigenvalue weighted by Gasteiger charge is 2.61. The Morgan fingerprint density at radius 2 is 1.76 bits per heavy atom. The lowest BCUT2D eigenvalue weighted by Crippen LogP contribution is -2.46. The monoisotopic (exact) mass is 628 g/mol. The summed E-state index contributed by atoms with van der Waals surface area (Å²) in [5.41, 5.74) is 6.11. The predicted octanol–water partition coefficient (Wildman–Crippen LogP) is 8.68. The molecule has 5 rings (SSSR count). The van der Waals surface area contributed by atoms with Crippen LogP contribution in [0.5, 0.6) is 5.75 Å². The molecule has 2 aromatic carbocycles. The Morgan fingerprint density at radius 3 is 2.39 bits per heavy atom. The minimum absolute atomic E-state index is 0.0205. The van der Waals surface area contributed by atoms with Crippen LogP contribution < -0.4 is 15.0 Å². The van der Waals surface area contributed by atoms with E-state index >= 15 is 0 Å². The first-order chi connectivity index (χ1) is 22.3. The summed E-state index contributed by atoms with van der Waals surface area (Å²) in [5.74, 6) is 1.77. The highest BCUT2D eigenvalue weighted by Crippen LogP contribution is 2.62. The van der Waals surface area contributed by atoms with Gasteiger partial charge in [0.2, 0.25) is 5.91 Å². The van der Waals surface area contributed by atoms with Gasteiger partial charge in [0.25, 0.3) is 0 Å². The number of hydrogen-bond acceptors (Lipinski definition) is 5. The van der Waals surface area contributed by atoms with Crippen LogP contribution in [-0.2, 0) is 9.53 Å². The van der Waals surface area contributed by atoms with Crippen LogP contribution in [0.3, 0.4) is 0 Å². The molecule has 1 aliphatic heterocycles. The summed E-state index contributed by atoms with van der Waals surface area (Å²) in [6.45, 7) is 7.79. The highest BCUT2D eigenvalue weighted by molar-refractivity contribution is 6.01. The van der Waals surface area contributed by atoms with Gasteiger partial charge >= 0.3 is 0 Å². The molecule has 6 heteroatoms. The molecular formula is C40H56N2O4. The van der Waals surface area contributed by atoms with Crippen LogP contribution in [0.1, 0.15) is 124 Å². The van der Waals surface area contributed by atoms with Gasteiger partial charge < -0.3 is 19.7 Å². The van der Waals surface area contributed by atoms with Crippen molar-refractivity contribution in [2.45, 2.75) is 103 Å². The van der Waals surface area contributed by atoms with Gasteiger partial charge in [0, 0.05) is 49.4 Å². The summed E-state index contributed by atoms with van der Waals surface area (Å²) in [7, 11) is 5.53. The number of rotatable bonds is 15. The van der Waals surface area contributed by atoms with Crippen LogP contribution in [0.15, 0.2) is 36.4 Å². The zero-order valence-corrected chi connectivity index (χ0v) is 29.1. The number of nitrogens with zero attached hydrogens (tertiary/aromatic N) is 1. The molecule has 0 saturated heterocycles. The van der Waals surface area contributed by atoms with E-state index in [9.17, 15) is 9.59 Å². The van der Waals surface area contributed by atoms with E-state index in [2.05, 4.69) is 74.4 Å². The second-order valence-corrected chi connectivity index (χ2v) is 14.1. The number of fused-ring (bicyclic) bond motifs is 4. The minimum Gasteiger partial charge on any atom is -0.497 e. The number of anilines is 1. The highest BCUT2D eigenvalue weighted by atomic mass is 16.5.